The SMILES string of the molecule is CCC(=O)N(CC)c1cccc(C)n1. The normalized spacial score (nSPS) is 9.93. The minimum Gasteiger partial charge on any atom is -0.297 e. The number of hydrogen-bond acceptors (Lipinski definition) is 2. The van der Waals surface area contributed by atoms with E-state index in [1.807, 2.05) is 39.0 Å². The molecule has 0 bridgehead atoms. The van der Waals surface area contributed by atoms with E-state index in [4.69, 9.17) is 0 Å². The lowest BCUT2D eigenvalue weighted by Gasteiger charge is -2.19. The molecule has 0 radical (unpaired) electrons. The van der Waals surface area contributed by atoms with E-state index in [1.54, 1.807) is 4.90 Å². The third kappa shape index (κ3) is 2.31. The number of nitrogens with zero attached hydrogens (tertiary/aromatic N) is 2. The van der Waals surface area contributed by atoms with Crippen molar-refractivity contribution >= 4 is 11.7 Å². The Balaban J connectivity index is 2.94. The van der Waals surface area contributed by atoms with Crippen LogP contribution in [-0.4, -0.2) is 17.4 Å². The van der Waals surface area contributed by atoms with Crippen LogP contribution in [-0.2, 0) is 4.79 Å². The average Bonchev–Trinajstić information content (AvgIpc) is 2.19. The van der Waals surface area contributed by atoms with E-state index >= 15 is 0 Å². The van der Waals surface area contributed by atoms with Crippen LogP contribution in [0.15, 0.2) is 18.2 Å². The second-order valence-corrected chi connectivity index (χ2v) is 3.13. The van der Waals surface area contributed by atoms with E-state index in [1.165, 1.54) is 0 Å². The summed E-state index contributed by atoms with van der Waals surface area (Å²) in [6.07, 6.45) is 0.517. The van der Waals surface area contributed by atoms with Gasteiger partial charge in [-0.15, -0.1) is 0 Å². The lowest BCUT2D eigenvalue weighted by Crippen LogP contribution is -2.30. The quantitative estimate of drug-likeness (QED) is 0.735. The monoisotopic (exact) mass is 192 g/mol. The highest BCUT2D eigenvalue weighted by molar-refractivity contribution is 5.92. The van der Waals surface area contributed by atoms with Crippen molar-refractivity contribution in [1.29, 1.82) is 0 Å². The van der Waals surface area contributed by atoms with E-state index in [9.17, 15) is 4.79 Å². The predicted octanol–water partition coefficient (Wildman–Crippen LogP) is 2.15. The van der Waals surface area contributed by atoms with Gasteiger partial charge in [-0.1, -0.05) is 13.0 Å². The summed E-state index contributed by atoms with van der Waals surface area (Å²) in [5, 5.41) is 0. The first kappa shape index (κ1) is 10.7. The van der Waals surface area contributed by atoms with Crippen molar-refractivity contribution in [3.05, 3.63) is 23.9 Å². The van der Waals surface area contributed by atoms with Crippen molar-refractivity contribution in [2.45, 2.75) is 27.2 Å². The lowest BCUT2D eigenvalue weighted by atomic mass is 10.3. The Hall–Kier alpha value is -1.38. The van der Waals surface area contributed by atoms with Crippen LogP contribution in [0, 0.1) is 6.92 Å². The standard InChI is InChI=1S/C11H16N2O/c1-4-11(14)13(5-2)10-8-6-7-9(3)12-10/h6-8H,4-5H2,1-3H3. The molecular weight excluding hydrogens is 176 g/mol. The molecule has 0 fully saturated rings. The van der Waals surface area contributed by atoms with Crippen molar-refractivity contribution in [2.75, 3.05) is 11.4 Å². The van der Waals surface area contributed by atoms with Gasteiger partial charge in [-0.3, -0.25) is 9.69 Å². The molecule has 3 nitrogen and oxygen atoms in total. The van der Waals surface area contributed by atoms with Crippen LogP contribution in [0.5, 0.6) is 0 Å². The molecular formula is C11H16N2O. The molecule has 1 amide bonds. The highest BCUT2D eigenvalue weighted by atomic mass is 16.2. The summed E-state index contributed by atoms with van der Waals surface area (Å²) in [7, 11) is 0. The summed E-state index contributed by atoms with van der Waals surface area (Å²) in [5.41, 5.74) is 0.935. The molecule has 0 spiro atoms. The zero-order valence-electron chi connectivity index (χ0n) is 8.95. The number of aryl methyl sites for hydroxylation is 1. The first-order valence-electron chi connectivity index (χ1n) is 4.93. The van der Waals surface area contributed by atoms with Crippen molar-refractivity contribution in [3.63, 3.8) is 0 Å². The minimum absolute atomic E-state index is 0.116. The van der Waals surface area contributed by atoms with Crippen molar-refractivity contribution in [3.8, 4) is 0 Å². The van der Waals surface area contributed by atoms with Gasteiger partial charge >= 0.3 is 0 Å². The summed E-state index contributed by atoms with van der Waals surface area (Å²) < 4.78 is 0. The summed E-state index contributed by atoms with van der Waals surface area (Å²) in [6.45, 7) is 6.41. The lowest BCUT2D eigenvalue weighted by molar-refractivity contribution is -0.118. The number of aromatic nitrogens is 1. The fourth-order valence-electron chi connectivity index (χ4n) is 1.34. The number of pyridine rings is 1. The molecule has 0 N–H and O–H groups in total. The van der Waals surface area contributed by atoms with Gasteiger partial charge in [0.15, 0.2) is 0 Å². The number of carbonyl (C=O) groups is 1. The van der Waals surface area contributed by atoms with E-state index in [0.717, 1.165) is 11.5 Å². The number of carbonyl (C=O) groups excluding carboxylic acids is 1. The molecule has 0 aromatic carbocycles. The van der Waals surface area contributed by atoms with Crippen LogP contribution in [0.2, 0.25) is 0 Å². The third-order valence-corrected chi connectivity index (χ3v) is 2.07. The second-order valence-electron chi connectivity index (χ2n) is 3.13. The third-order valence-electron chi connectivity index (χ3n) is 2.07. The Morgan fingerprint density at radius 2 is 2.14 bits per heavy atom. The maximum atomic E-state index is 11.5. The highest BCUT2D eigenvalue weighted by Gasteiger charge is 2.12. The molecule has 3 heteroatoms. The largest absolute Gasteiger partial charge is 0.297 e. The Bertz CT molecular complexity index is 323. The van der Waals surface area contributed by atoms with Gasteiger partial charge in [0, 0.05) is 18.7 Å². The maximum Gasteiger partial charge on any atom is 0.227 e. The predicted molar refractivity (Wildman–Crippen MR) is 57.3 cm³/mol. The molecule has 0 aliphatic rings. The molecule has 1 rings (SSSR count). The molecule has 14 heavy (non-hydrogen) atoms. The van der Waals surface area contributed by atoms with E-state index in [-0.39, 0.29) is 5.91 Å². The zero-order valence-corrected chi connectivity index (χ0v) is 8.95. The summed E-state index contributed by atoms with van der Waals surface area (Å²) >= 11 is 0. The summed E-state index contributed by atoms with van der Waals surface area (Å²) in [5.74, 6) is 0.866. The zero-order chi connectivity index (χ0) is 10.6. The van der Waals surface area contributed by atoms with Gasteiger partial charge in [0.1, 0.15) is 5.82 Å². The average molecular weight is 192 g/mol. The molecule has 0 aliphatic heterocycles. The highest BCUT2D eigenvalue weighted by Crippen LogP contribution is 2.11. The van der Waals surface area contributed by atoms with Crippen molar-refractivity contribution in [1.82, 2.24) is 4.98 Å². The maximum absolute atomic E-state index is 11.5. The number of amides is 1. The van der Waals surface area contributed by atoms with Gasteiger partial charge in [-0.05, 0) is 26.0 Å². The van der Waals surface area contributed by atoms with Gasteiger partial charge in [0.05, 0.1) is 0 Å². The molecule has 76 valence electrons. The first-order valence-corrected chi connectivity index (χ1v) is 4.93. The summed E-state index contributed by atoms with van der Waals surface area (Å²) in [4.78, 5) is 17.6. The van der Waals surface area contributed by atoms with Gasteiger partial charge in [-0.25, -0.2) is 4.98 Å². The van der Waals surface area contributed by atoms with Crippen LogP contribution < -0.4 is 4.90 Å². The topological polar surface area (TPSA) is 33.2 Å². The Morgan fingerprint density at radius 3 is 2.64 bits per heavy atom. The van der Waals surface area contributed by atoms with Crippen molar-refractivity contribution in [2.24, 2.45) is 0 Å². The van der Waals surface area contributed by atoms with E-state index in [0.29, 0.717) is 13.0 Å². The fraction of sp³-hybridized carbons (Fsp3) is 0.455. The molecule has 1 aromatic heterocycles. The number of anilines is 1. The van der Waals surface area contributed by atoms with Crippen molar-refractivity contribution < 1.29 is 4.79 Å². The van der Waals surface area contributed by atoms with Gasteiger partial charge in [0.25, 0.3) is 0 Å². The number of rotatable bonds is 3. The molecule has 0 atom stereocenters. The van der Waals surface area contributed by atoms with Crippen LogP contribution in [0.3, 0.4) is 0 Å². The minimum atomic E-state index is 0.116. The molecule has 0 saturated heterocycles. The van der Waals surface area contributed by atoms with Gasteiger partial charge in [-0.2, -0.15) is 0 Å². The first-order chi connectivity index (χ1) is 6.69. The fourth-order valence-corrected chi connectivity index (χ4v) is 1.34. The van der Waals surface area contributed by atoms with Crippen LogP contribution in [0.1, 0.15) is 26.0 Å². The van der Waals surface area contributed by atoms with Crippen LogP contribution in [0.4, 0.5) is 5.82 Å². The molecule has 1 heterocycles. The van der Waals surface area contributed by atoms with Crippen LogP contribution >= 0.6 is 0 Å². The van der Waals surface area contributed by atoms with Gasteiger partial charge < -0.3 is 0 Å². The Kier molecular flexibility index (Phi) is 3.63. The number of hydrogen-bond donors (Lipinski definition) is 0. The van der Waals surface area contributed by atoms with Gasteiger partial charge in [0.2, 0.25) is 5.91 Å². The molecule has 1 aromatic rings. The molecule has 0 unspecified atom stereocenters. The van der Waals surface area contributed by atoms with E-state index < -0.39 is 0 Å². The van der Waals surface area contributed by atoms with Crippen LogP contribution in [0.25, 0.3) is 0 Å². The summed E-state index contributed by atoms with van der Waals surface area (Å²) in [6, 6.07) is 5.71. The van der Waals surface area contributed by atoms with E-state index in [2.05, 4.69) is 4.98 Å². The Labute approximate surface area is 84.8 Å². The Morgan fingerprint density at radius 1 is 1.43 bits per heavy atom. The smallest absolute Gasteiger partial charge is 0.227 e. The molecule has 0 saturated carbocycles. The molecule has 0 aliphatic carbocycles. The second kappa shape index (κ2) is 4.74.